The van der Waals surface area contributed by atoms with Gasteiger partial charge in [-0.25, -0.2) is 0 Å². The Morgan fingerprint density at radius 3 is 2.67 bits per heavy atom. The highest BCUT2D eigenvalue weighted by Crippen LogP contribution is 2.45. The van der Waals surface area contributed by atoms with Crippen molar-refractivity contribution in [3.05, 3.63) is 30.1 Å². The quantitative estimate of drug-likeness (QED) is 0.809. The van der Waals surface area contributed by atoms with Crippen molar-refractivity contribution < 1.29 is 9.53 Å². The van der Waals surface area contributed by atoms with Crippen LogP contribution in [-0.4, -0.2) is 41.6 Å². The molecule has 1 aromatic heterocycles. The lowest BCUT2D eigenvalue weighted by Crippen LogP contribution is -2.62. The summed E-state index contributed by atoms with van der Waals surface area (Å²) in [4.78, 5) is 18.3. The number of amides is 1. The summed E-state index contributed by atoms with van der Waals surface area (Å²) in [6, 6.07) is 4.20. The number of carbonyl (C=O) groups is 1. The van der Waals surface area contributed by atoms with Gasteiger partial charge in [0.1, 0.15) is 0 Å². The Hall–Kier alpha value is -1.42. The Balaban J connectivity index is 1.86. The third kappa shape index (κ3) is 3.43. The molecule has 21 heavy (non-hydrogen) atoms. The van der Waals surface area contributed by atoms with Crippen molar-refractivity contribution in [2.75, 3.05) is 13.7 Å². The van der Waals surface area contributed by atoms with Crippen LogP contribution in [0.5, 0.6) is 0 Å². The fraction of sp³-hybridized carbons (Fsp3) is 0.647. The topological polar surface area (TPSA) is 42.4 Å². The van der Waals surface area contributed by atoms with Crippen molar-refractivity contribution in [2.45, 2.75) is 52.2 Å². The summed E-state index contributed by atoms with van der Waals surface area (Å²) >= 11 is 0. The minimum Gasteiger partial charge on any atom is -0.378 e. The second-order valence-corrected chi connectivity index (χ2v) is 6.38. The van der Waals surface area contributed by atoms with Crippen molar-refractivity contribution in [3.8, 4) is 0 Å². The number of hydrogen-bond acceptors (Lipinski definition) is 3. The van der Waals surface area contributed by atoms with Crippen molar-refractivity contribution in [1.82, 2.24) is 9.88 Å². The van der Waals surface area contributed by atoms with Gasteiger partial charge in [0.15, 0.2) is 0 Å². The summed E-state index contributed by atoms with van der Waals surface area (Å²) in [6.45, 7) is 7.13. The van der Waals surface area contributed by atoms with E-state index >= 15 is 0 Å². The fourth-order valence-electron chi connectivity index (χ4n) is 3.16. The number of carbonyl (C=O) groups excluding carboxylic acids is 1. The third-order valence-electron chi connectivity index (χ3n) is 4.73. The molecule has 1 amide bonds. The maximum Gasteiger partial charge on any atom is 0.222 e. The molecule has 4 heteroatoms. The van der Waals surface area contributed by atoms with Crippen molar-refractivity contribution in [3.63, 3.8) is 0 Å². The molecule has 2 atom stereocenters. The fourth-order valence-corrected chi connectivity index (χ4v) is 3.16. The molecule has 4 nitrogen and oxygen atoms in total. The van der Waals surface area contributed by atoms with E-state index in [4.69, 9.17) is 4.74 Å². The first kappa shape index (κ1) is 16.0. The van der Waals surface area contributed by atoms with Gasteiger partial charge in [0.05, 0.1) is 6.10 Å². The summed E-state index contributed by atoms with van der Waals surface area (Å²) < 4.78 is 5.74. The van der Waals surface area contributed by atoms with Gasteiger partial charge < -0.3 is 9.64 Å². The first-order valence-corrected chi connectivity index (χ1v) is 7.73. The molecule has 1 aliphatic carbocycles. The zero-order chi connectivity index (χ0) is 15.5. The molecule has 1 aliphatic rings. The predicted octanol–water partition coefficient (Wildman–Crippen LogP) is 2.68. The van der Waals surface area contributed by atoms with E-state index in [2.05, 4.69) is 18.8 Å². The largest absolute Gasteiger partial charge is 0.378 e. The van der Waals surface area contributed by atoms with E-state index in [9.17, 15) is 4.79 Å². The highest BCUT2D eigenvalue weighted by atomic mass is 16.5. The van der Waals surface area contributed by atoms with E-state index in [1.54, 1.807) is 12.4 Å². The Morgan fingerprint density at radius 2 is 2.10 bits per heavy atom. The van der Waals surface area contributed by atoms with E-state index in [0.717, 1.165) is 25.0 Å². The predicted molar refractivity (Wildman–Crippen MR) is 82.9 cm³/mol. The number of nitrogens with zero attached hydrogens (tertiary/aromatic N) is 2. The third-order valence-corrected chi connectivity index (χ3v) is 4.73. The number of aryl methyl sites for hydroxylation is 1. The maximum atomic E-state index is 12.4. The van der Waals surface area contributed by atoms with Gasteiger partial charge in [0.25, 0.3) is 0 Å². The lowest BCUT2D eigenvalue weighted by molar-refractivity contribution is -0.163. The van der Waals surface area contributed by atoms with Crippen molar-refractivity contribution in [1.29, 1.82) is 0 Å². The molecule has 0 N–H and O–H groups in total. The average molecular weight is 290 g/mol. The molecule has 1 aromatic rings. The molecule has 1 heterocycles. The number of pyridine rings is 1. The molecule has 1 saturated carbocycles. The molecular formula is C17H26N2O2. The van der Waals surface area contributed by atoms with Gasteiger partial charge in [0.2, 0.25) is 5.91 Å². The molecule has 0 aromatic carbocycles. The Bertz CT molecular complexity index is 473. The van der Waals surface area contributed by atoms with Crippen LogP contribution in [0.4, 0.5) is 0 Å². The summed E-state index contributed by atoms with van der Waals surface area (Å²) in [7, 11) is 1.92. The van der Waals surface area contributed by atoms with Crippen LogP contribution >= 0.6 is 0 Å². The Kier molecular flexibility index (Phi) is 4.99. The van der Waals surface area contributed by atoms with Crippen molar-refractivity contribution in [2.24, 2.45) is 5.41 Å². The first-order valence-electron chi connectivity index (χ1n) is 7.73. The second kappa shape index (κ2) is 6.56. The standard InChI is InChI=1S/C17H26N2O2/c1-5-21-15-12-14(17(15,2)3)19(4)16(20)7-6-13-8-10-18-11-9-13/h8-11,14-15H,5-7,12H2,1-4H3/t14-,15+/m0/s1. The van der Waals surface area contributed by atoms with Gasteiger partial charge >= 0.3 is 0 Å². The van der Waals surface area contributed by atoms with Crippen LogP contribution in [0.1, 0.15) is 39.2 Å². The molecule has 2 rings (SSSR count). The van der Waals surface area contributed by atoms with E-state index in [-0.39, 0.29) is 23.5 Å². The molecular weight excluding hydrogens is 264 g/mol. The summed E-state index contributed by atoms with van der Waals surface area (Å²) in [5, 5.41) is 0. The van der Waals surface area contributed by atoms with Crippen LogP contribution in [0.2, 0.25) is 0 Å². The van der Waals surface area contributed by atoms with E-state index in [1.165, 1.54) is 0 Å². The minimum atomic E-state index is 0.0388. The molecule has 0 spiro atoms. The highest BCUT2D eigenvalue weighted by molar-refractivity contribution is 5.76. The second-order valence-electron chi connectivity index (χ2n) is 6.38. The first-order chi connectivity index (χ1) is 9.96. The monoisotopic (exact) mass is 290 g/mol. The lowest BCUT2D eigenvalue weighted by atomic mass is 9.63. The van der Waals surface area contributed by atoms with Gasteiger partial charge in [-0.3, -0.25) is 9.78 Å². The van der Waals surface area contributed by atoms with Gasteiger partial charge in [0, 0.05) is 43.9 Å². The number of rotatable bonds is 6. The minimum absolute atomic E-state index is 0.0388. The van der Waals surface area contributed by atoms with Gasteiger partial charge in [-0.15, -0.1) is 0 Å². The lowest BCUT2D eigenvalue weighted by Gasteiger charge is -2.54. The van der Waals surface area contributed by atoms with Crippen LogP contribution in [0.15, 0.2) is 24.5 Å². The zero-order valence-corrected chi connectivity index (χ0v) is 13.5. The Labute approximate surface area is 127 Å². The number of hydrogen-bond donors (Lipinski definition) is 0. The highest BCUT2D eigenvalue weighted by Gasteiger charge is 2.51. The van der Waals surface area contributed by atoms with Crippen LogP contribution in [0.25, 0.3) is 0 Å². The van der Waals surface area contributed by atoms with E-state index < -0.39 is 0 Å². The summed E-state index contributed by atoms with van der Waals surface area (Å²) in [6.07, 6.45) is 6.07. The Morgan fingerprint density at radius 1 is 1.43 bits per heavy atom. The molecule has 0 saturated heterocycles. The zero-order valence-electron chi connectivity index (χ0n) is 13.5. The molecule has 0 bridgehead atoms. The smallest absolute Gasteiger partial charge is 0.222 e. The van der Waals surface area contributed by atoms with Gasteiger partial charge in [-0.05, 0) is 37.5 Å². The molecule has 1 fully saturated rings. The summed E-state index contributed by atoms with van der Waals surface area (Å²) in [5.74, 6) is 0.208. The van der Waals surface area contributed by atoms with Crippen LogP contribution in [0, 0.1) is 5.41 Å². The van der Waals surface area contributed by atoms with E-state index in [1.807, 2.05) is 31.0 Å². The van der Waals surface area contributed by atoms with Gasteiger partial charge in [-0.1, -0.05) is 13.8 Å². The van der Waals surface area contributed by atoms with Crippen LogP contribution in [-0.2, 0) is 16.0 Å². The SMILES string of the molecule is CCO[C@@H]1C[C@H](N(C)C(=O)CCc2ccncc2)C1(C)C. The normalized spacial score (nSPS) is 23.4. The number of aromatic nitrogens is 1. The number of ether oxygens (including phenoxy) is 1. The summed E-state index contributed by atoms with van der Waals surface area (Å²) in [5.41, 5.74) is 1.20. The average Bonchev–Trinajstić information content (AvgIpc) is 2.49. The molecule has 0 unspecified atom stereocenters. The van der Waals surface area contributed by atoms with Crippen LogP contribution in [0.3, 0.4) is 0 Å². The molecule has 0 radical (unpaired) electrons. The maximum absolute atomic E-state index is 12.4. The van der Waals surface area contributed by atoms with Gasteiger partial charge in [-0.2, -0.15) is 0 Å². The molecule has 0 aliphatic heterocycles. The van der Waals surface area contributed by atoms with Crippen molar-refractivity contribution >= 4 is 5.91 Å². The molecule has 116 valence electrons. The van der Waals surface area contributed by atoms with Crippen LogP contribution < -0.4 is 0 Å². The van der Waals surface area contributed by atoms with E-state index in [0.29, 0.717) is 6.42 Å².